The summed E-state index contributed by atoms with van der Waals surface area (Å²) in [6.07, 6.45) is -0.0891. The summed E-state index contributed by atoms with van der Waals surface area (Å²) in [6.45, 7) is 2.15. The highest BCUT2D eigenvalue weighted by atomic mass is 35.5. The summed E-state index contributed by atoms with van der Waals surface area (Å²) in [6, 6.07) is 6.05. The maximum atomic E-state index is 11.9. The molecule has 1 amide bonds. The maximum Gasteiger partial charge on any atom is 0.414 e. The number of rotatable bonds is 6. The molecular weight excluding hydrogens is 272 g/mol. The molecule has 0 bridgehead atoms. The standard InChI is InChI=1S/C12H15ClN2O4/c1-2-19-12(16)14(9-5-8-13)10-6-3-4-7-11(10)15(17)18/h3-4,6-7H,2,5,8-9H2,1H3. The Hall–Kier alpha value is -1.82. The summed E-state index contributed by atoms with van der Waals surface area (Å²) in [7, 11) is 0. The lowest BCUT2D eigenvalue weighted by atomic mass is 10.2. The maximum absolute atomic E-state index is 11.9. The second-order valence-corrected chi connectivity index (χ2v) is 4.02. The van der Waals surface area contributed by atoms with E-state index >= 15 is 0 Å². The highest BCUT2D eigenvalue weighted by Gasteiger charge is 2.24. The van der Waals surface area contributed by atoms with Crippen molar-refractivity contribution < 1.29 is 14.5 Å². The van der Waals surface area contributed by atoms with Crippen LogP contribution >= 0.6 is 11.6 Å². The number of hydrogen-bond donors (Lipinski definition) is 0. The van der Waals surface area contributed by atoms with Crippen molar-refractivity contribution >= 4 is 29.1 Å². The second kappa shape index (κ2) is 7.58. The van der Waals surface area contributed by atoms with E-state index in [0.29, 0.717) is 12.3 Å². The number of amides is 1. The molecule has 0 aliphatic carbocycles. The Balaban J connectivity index is 3.09. The van der Waals surface area contributed by atoms with E-state index in [1.54, 1.807) is 19.1 Å². The third-order valence-electron chi connectivity index (χ3n) is 2.37. The van der Waals surface area contributed by atoms with Gasteiger partial charge < -0.3 is 4.74 Å². The molecular formula is C12H15ClN2O4. The molecule has 0 aliphatic heterocycles. The van der Waals surface area contributed by atoms with Crippen LogP contribution in [0.15, 0.2) is 24.3 Å². The van der Waals surface area contributed by atoms with Gasteiger partial charge >= 0.3 is 6.09 Å². The molecule has 0 radical (unpaired) electrons. The van der Waals surface area contributed by atoms with Gasteiger partial charge in [0, 0.05) is 18.5 Å². The Kier molecular flexibility index (Phi) is 6.08. The minimum Gasteiger partial charge on any atom is -0.449 e. The van der Waals surface area contributed by atoms with E-state index in [2.05, 4.69) is 0 Å². The number of nitro groups is 1. The third-order valence-corrected chi connectivity index (χ3v) is 2.64. The molecule has 0 heterocycles. The van der Waals surface area contributed by atoms with Gasteiger partial charge in [0.25, 0.3) is 5.69 Å². The molecule has 0 fully saturated rings. The van der Waals surface area contributed by atoms with Crippen molar-refractivity contribution in [3.63, 3.8) is 0 Å². The minimum absolute atomic E-state index is 0.134. The van der Waals surface area contributed by atoms with Crippen molar-refractivity contribution in [2.24, 2.45) is 0 Å². The Morgan fingerprint density at radius 1 is 1.47 bits per heavy atom. The average molecular weight is 287 g/mol. The quantitative estimate of drug-likeness (QED) is 0.457. The van der Waals surface area contributed by atoms with Crippen LogP contribution in [0.2, 0.25) is 0 Å². The largest absolute Gasteiger partial charge is 0.449 e. The molecule has 0 saturated heterocycles. The molecule has 0 unspecified atom stereocenters. The average Bonchev–Trinajstić information content (AvgIpc) is 2.40. The molecule has 7 heteroatoms. The van der Waals surface area contributed by atoms with E-state index in [9.17, 15) is 14.9 Å². The molecule has 0 saturated carbocycles. The number of para-hydroxylation sites is 2. The lowest BCUT2D eigenvalue weighted by molar-refractivity contribution is -0.384. The van der Waals surface area contributed by atoms with Crippen molar-refractivity contribution in [1.82, 2.24) is 0 Å². The fraction of sp³-hybridized carbons (Fsp3) is 0.417. The van der Waals surface area contributed by atoms with E-state index in [1.807, 2.05) is 0 Å². The van der Waals surface area contributed by atoms with Crippen molar-refractivity contribution in [2.75, 3.05) is 23.9 Å². The highest BCUT2D eigenvalue weighted by molar-refractivity contribution is 6.17. The van der Waals surface area contributed by atoms with Crippen LogP contribution in [-0.2, 0) is 4.74 Å². The van der Waals surface area contributed by atoms with Gasteiger partial charge in [-0.1, -0.05) is 12.1 Å². The van der Waals surface area contributed by atoms with E-state index in [0.717, 1.165) is 0 Å². The van der Waals surface area contributed by atoms with Gasteiger partial charge in [-0.25, -0.2) is 4.79 Å². The zero-order valence-electron chi connectivity index (χ0n) is 10.5. The second-order valence-electron chi connectivity index (χ2n) is 3.64. The molecule has 1 aromatic carbocycles. The summed E-state index contributed by atoms with van der Waals surface area (Å²) < 4.78 is 4.91. The normalized spacial score (nSPS) is 10.0. The first kappa shape index (κ1) is 15.2. The summed E-state index contributed by atoms with van der Waals surface area (Å²) in [4.78, 5) is 23.6. The van der Waals surface area contributed by atoms with E-state index in [1.165, 1.54) is 17.0 Å². The fourth-order valence-electron chi connectivity index (χ4n) is 1.58. The van der Waals surface area contributed by atoms with Crippen LogP contribution in [0.5, 0.6) is 0 Å². The molecule has 0 aromatic heterocycles. The zero-order chi connectivity index (χ0) is 14.3. The summed E-state index contributed by atoms with van der Waals surface area (Å²) in [5.41, 5.74) is 0.0844. The predicted molar refractivity (Wildman–Crippen MR) is 72.8 cm³/mol. The number of carbonyl (C=O) groups is 1. The number of benzene rings is 1. The van der Waals surface area contributed by atoms with Gasteiger partial charge in [0.05, 0.1) is 11.5 Å². The first-order chi connectivity index (χ1) is 9.11. The first-order valence-electron chi connectivity index (χ1n) is 5.85. The number of halogens is 1. The number of anilines is 1. The number of nitrogens with zero attached hydrogens (tertiary/aromatic N) is 2. The molecule has 0 aliphatic rings. The lowest BCUT2D eigenvalue weighted by Crippen LogP contribution is -2.33. The number of hydrogen-bond acceptors (Lipinski definition) is 4. The number of nitro benzene ring substituents is 1. The van der Waals surface area contributed by atoms with Crippen LogP contribution in [0.3, 0.4) is 0 Å². The van der Waals surface area contributed by atoms with E-state index < -0.39 is 11.0 Å². The molecule has 1 aromatic rings. The van der Waals surface area contributed by atoms with Crippen LogP contribution in [0.25, 0.3) is 0 Å². The molecule has 104 valence electrons. The van der Waals surface area contributed by atoms with E-state index in [-0.39, 0.29) is 24.5 Å². The smallest absolute Gasteiger partial charge is 0.414 e. The number of ether oxygens (including phenoxy) is 1. The van der Waals surface area contributed by atoms with Crippen molar-refractivity contribution in [3.8, 4) is 0 Å². The predicted octanol–water partition coefficient (Wildman–Crippen LogP) is 3.19. The monoisotopic (exact) mass is 286 g/mol. The van der Waals surface area contributed by atoms with Gasteiger partial charge in [-0.2, -0.15) is 0 Å². The van der Waals surface area contributed by atoms with E-state index in [4.69, 9.17) is 16.3 Å². The first-order valence-corrected chi connectivity index (χ1v) is 6.39. The Bertz CT molecular complexity index is 453. The summed E-state index contributed by atoms with van der Waals surface area (Å²) in [5.74, 6) is 0.358. The summed E-state index contributed by atoms with van der Waals surface area (Å²) in [5, 5.41) is 11.0. The number of alkyl halides is 1. The minimum atomic E-state index is -0.609. The van der Waals surface area contributed by atoms with Crippen LogP contribution in [0.1, 0.15) is 13.3 Å². The van der Waals surface area contributed by atoms with Crippen molar-refractivity contribution in [2.45, 2.75) is 13.3 Å². The summed E-state index contributed by atoms with van der Waals surface area (Å²) >= 11 is 5.60. The third kappa shape index (κ3) is 4.10. The Morgan fingerprint density at radius 2 is 2.16 bits per heavy atom. The molecule has 0 spiro atoms. The Morgan fingerprint density at radius 3 is 2.74 bits per heavy atom. The van der Waals surface area contributed by atoms with Crippen molar-refractivity contribution in [1.29, 1.82) is 0 Å². The van der Waals surface area contributed by atoms with Crippen LogP contribution in [0, 0.1) is 10.1 Å². The van der Waals surface area contributed by atoms with Gasteiger partial charge in [-0.15, -0.1) is 11.6 Å². The molecule has 19 heavy (non-hydrogen) atoms. The molecule has 0 N–H and O–H groups in total. The molecule has 0 atom stereocenters. The fourth-order valence-corrected chi connectivity index (χ4v) is 1.70. The van der Waals surface area contributed by atoms with Gasteiger partial charge in [0.2, 0.25) is 0 Å². The molecule has 1 rings (SSSR count). The molecule has 6 nitrogen and oxygen atoms in total. The van der Waals surface area contributed by atoms with Crippen molar-refractivity contribution in [3.05, 3.63) is 34.4 Å². The lowest BCUT2D eigenvalue weighted by Gasteiger charge is -2.21. The van der Waals surface area contributed by atoms with Crippen LogP contribution < -0.4 is 4.90 Å². The topological polar surface area (TPSA) is 72.7 Å². The SMILES string of the molecule is CCOC(=O)N(CCCCl)c1ccccc1[N+](=O)[O-]. The van der Waals surface area contributed by atoms with Gasteiger partial charge in [0.1, 0.15) is 5.69 Å². The van der Waals surface area contributed by atoms with Gasteiger partial charge in [0.15, 0.2) is 0 Å². The highest BCUT2D eigenvalue weighted by Crippen LogP contribution is 2.28. The van der Waals surface area contributed by atoms with Gasteiger partial charge in [-0.05, 0) is 19.4 Å². The van der Waals surface area contributed by atoms with Gasteiger partial charge in [-0.3, -0.25) is 15.0 Å². The zero-order valence-corrected chi connectivity index (χ0v) is 11.3. The Labute approximate surface area is 116 Å². The number of carbonyl (C=O) groups excluding carboxylic acids is 1. The van der Waals surface area contributed by atoms with Crippen LogP contribution in [-0.4, -0.2) is 30.0 Å². The van der Waals surface area contributed by atoms with Crippen LogP contribution in [0.4, 0.5) is 16.2 Å².